The number of nitrogens with zero attached hydrogens (tertiary/aromatic N) is 5. The molecule has 8 heteroatoms. The molecule has 3 aromatic heterocycles. The summed E-state index contributed by atoms with van der Waals surface area (Å²) in [6, 6.07) is 4.22. The van der Waals surface area contributed by atoms with Crippen molar-refractivity contribution >= 4 is 28.4 Å². The molecule has 0 radical (unpaired) electrons. The third-order valence-corrected chi connectivity index (χ3v) is 7.32. The number of piperidine rings is 1. The lowest BCUT2D eigenvalue weighted by Gasteiger charge is -2.32. The van der Waals surface area contributed by atoms with Gasteiger partial charge in [0.2, 0.25) is 5.91 Å². The highest BCUT2D eigenvalue weighted by molar-refractivity contribution is 6.36. The molecule has 1 aromatic carbocycles. The van der Waals surface area contributed by atoms with Crippen molar-refractivity contribution in [3.05, 3.63) is 65.2 Å². The largest absolute Gasteiger partial charge is 0.339 e. The zero-order valence-corrected chi connectivity index (χ0v) is 20.4. The molecule has 0 atom stereocenters. The summed E-state index contributed by atoms with van der Waals surface area (Å²) in [4.78, 5) is 18.2. The Labute approximate surface area is 203 Å². The van der Waals surface area contributed by atoms with Crippen LogP contribution < -0.4 is 0 Å². The number of likely N-dealkylation sites (tertiary alicyclic amines) is 1. The molecule has 0 spiro atoms. The van der Waals surface area contributed by atoms with Crippen molar-refractivity contribution in [2.24, 2.45) is 0 Å². The second kappa shape index (κ2) is 8.72. The molecule has 5 rings (SSSR count). The van der Waals surface area contributed by atoms with Crippen molar-refractivity contribution in [1.29, 1.82) is 0 Å². The molecule has 1 saturated heterocycles. The maximum atomic E-state index is 12.1. The first kappa shape index (κ1) is 22.3. The second-order valence-corrected chi connectivity index (χ2v) is 9.30. The Balaban J connectivity index is 1.70. The van der Waals surface area contributed by atoms with Crippen LogP contribution in [0.15, 0.2) is 43.4 Å². The van der Waals surface area contributed by atoms with Gasteiger partial charge in [-0.1, -0.05) is 18.2 Å². The van der Waals surface area contributed by atoms with Crippen LogP contribution in [0, 0.1) is 20.8 Å². The Kier molecular flexibility index (Phi) is 5.73. The van der Waals surface area contributed by atoms with Crippen LogP contribution in [0.4, 0.5) is 0 Å². The average Bonchev–Trinajstić information content (AvgIpc) is 3.44. The monoisotopic (exact) mass is 474 g/mol. The molecule has 0 aliphatic carbocycles. The topological polar surface area (TPSA) is 79.7 Å². The number of pyridine rings is 1. The number of aromatic nitrogens is 5. The first-order valence-corrected chi connectivity index (χ1v) is 11.8. The minimum Gasteiger partial charge on any atom is -0.339 e. The minimum atomic E-state index is -0.0154. The summed E-state index contributed by atoms with van der Waals surface area (Å²) >= 11 is 6.96. The Bertz CT molecular complexity index is 1410. The van der Waals surface area contributed by atoms with E-state index in [0.717, 1.165) is 62.9 Å². The maximum Gasteiger partial charge on any atom is 0.245 e. The molecule has 7 nitrogen and oxygen atoms in total. The van der Waals surface area contributed by atoms with Gasteiger partial charge in [-0.05, 0) is 62.9 Å². The van der Waals surface area contributed by atoms with E-state index in [1.54, 1.807) is 6.20 Å². The van der Waals surface area contributed by atoms with Gasteiger partial charge in [0.05, 0.1) is 22.8 Å². The van der Waals surface area contributed by atoms with E-state index < -0.39 is 0 Å². The lowest BCUT2D eigenvalue weighted by atomic mass is 9.94. The molecule has 0 bridgehead atoms. The van der Waals surface area contributed by atoms with E-state index in [1.807, 2.05) is 43.3 Å². The number of fused-ring (bicyclic) bond motifs is 1. The number of rotatable bonds is 4. The number of carbonyl (C=O) groups excluding carboxylic acids is 1. The number of hydrogen-bond donors (Lipinski definition) is 1. The van der Waals surface area contributed by atoms with Gasteiger partial charge in [0.1, 0.15) is 5.69 Å². The van der Waals surface area contributed by atoms with Crippen molar-refractivity contribution in [1.82, 2.24) is 29.9 Å². The Hall–Kier alpha value is -3.45. The van der Waals surface area contributed by atoms with Crippen molar-refractivity contribution in [2.75, 3.05) is 13.1 Å². The van der Waals surface area contributed by atoms with Crippen LogP contribution in [0.1, 0.15) is 35.7 Å². The van der Waals surface area contributed by atoms with Gasteiger partial charge in [-0.2, -0.15) is 10.2 Å². The summed E-state index contributed by atoms with van der Waals surface area (Å²) in [6.45, 7) is 11.2. The number of H-pyrrole nitrogens is 1. The Morgan fingerprint density at radius 2 is 1.94 bits per heavy atom. The van der Waals surface area contributed by atoms with Gasteiger partial charge in [-0.25, -0.2) is 0 Å². The predicted molar refractivity (Wildman–Crippen MR) is 135 cm³/mol. The van der Waals surface area contributed by atoms with Crippen LogP contribution in [0.25, 0.3) is 33.3 Å². The number of aryl methyl sites for hydroxylation is 2. The van der Waals surface area contributed by atoms with Crippen molar-refractivity contribution in [3.63, 3.8) is 0 Å². The lowest BCUT2D eigenvalue weighted by molar-refractivity contribution is -0.127. The zero-order valence-electron chi connectivity index (χ0n) is 19.6. The molecule has 1 aliphatic heterocycles. The molecular weight excluding hydrogens is 448 g/mol. The smallest absolute Gasteiger partial charge is 0.245 e. The van der Waals surface area contributed by atoms with Crippen LogP contribution in [0.2, 0.25) is 5.02 Å². The molecule has 34 heavy (non-hydrogen) atoms. The fraction of sp³-hybridized carbons (Fsp3) is 0.308. The van der Waals surface area contributed by atoms with Gasteiger partial charge >= 0.3 is 0 Å². The number of aromatic amines is 1. The molecular formula is C26H27ClN6O. The van der Waals surface area contributed by atoms with E-state index in [-0.39, 0.29) is 11.9 Å². The molecule has 1 N–H and O–H groups in total. The van der Waals surface area contributed by atoms with Gasteiger partial charge in [-0.15, -0.1) is 0 Å². The van der Waals surface area contributed by atoms with Gasteiger partial charge in [0, 0.05) is 53.3 Å². The van der Waals surface area contributed by atoms with Gasteiger partial charge < -0.3 is 4.90 Å². The maximum absolute atomic E-state index is 12.1. The van der Waals surface area contributed by atoms with E-state index in [0.29, 0.717) is 18.1 Å². The van der Waals surface area contributed by atoms with Crippen LogP contribution >= 0.6 is 11.6 Å². The molecule has 174 valence electrons. The van der Waals surface area contributed by atoms with E-state index in [9.17, 15) is 4.79 Å². The van der Waals surface area contributed by atoms with Crippen molar-refractivity contribution in [3.8, 4) is 22.4 Å². The third-order valence-electron chi connectivity index (χ3n) is 6.84. The summed E-state index contributed by atoms with van der Waals surface area (Å²) in [5, 5.41) is 14.2. The standard InChI is InChI=1S/C26H27ClN6O/c1-5-22(34)32-10-7-18(8-11-32)33-17(4)23(26(31-33)19-6-9-28-13-16(19)3)24-20-14-29-30-21(20)12-15(2)25(24)27/h5-6,9,12-14,18H,1,7-8,10-11H2,2-4H3,(H,29,30). The van der Waals surface area contributed by atoms with E-state index in [4.69, 9.17) is 16.7 Å². The van der Waals surface area contributed by atoms with Crippen LogP contribution in [-0.4, -0.2) is 48.9 Å². The summed E-state index contributed by atoms with van der Waals surface area (Å²) in [7, 11) is 0. The number of halogens is 1. The molecule has 1 aliphatic rings. The molecule has 1 amide bonds. The SMILES string of the molecule is C=CC(=O)N1CCC(n2nc(-c3ccncc3C)c(-c3c(Cl)c(C)cc4[nH]ncc34)c2C)CC1. The average molecular weight is 475 g/mol. The highest BCUT2D eigenvalue weighted by atomic mass is 35.5. The quantitative estimate of drug-likeness (QED) is 0.401. The summed E-state index contributed by atoms with van der Waals surface area (Å²) < 4.78 is 2.13. The molecule has 0 unspecified atom stereocenters. The Morgan fingerprint density at radius 1 is 1.18 bits per heavy atom. The third kappa shape index (κ3) is 3.60. The molecule has 0 saturated carbocycles. The normalized spacial score (nSPS) is 14.6. The van der Waals surface area contributed by atoms with E-state index >= 15 is 0 Å². The van der Waals surface area contributed by atoms with Crippen molar-refractivity contribution in [2.45, 2.75) is 39.7 Å². The van der Waals surface area contributed by atoms with Crippen LogP contribution in [-0.2, 0) is 4.79 Å². The lowest BCUT2D eigenvalue weighted by Crippen LogP contribution is -2.38. The van der Waals surface area contributed by atoms with E-state index in [2.05, 4.69) is 33.4 Å². The van der Waals surface area contributed by atoms with Gasteiger partial charge in [0.25, 0.3) is 0 Å². The second-order valence-electron chi connectivity index (χ2n) is 8.92. The summed E-state index contributed by atoms with van der Waals surface area (Å²) in [5.41, 5.74) is 7.89. The van der Waals surface area contributed by atoms with Crippen LogP contribution in [0.3, 0.4) is 0 Å². The fourth-order valence-electron chi connectivity index (χ4n) is 5.01. The molecule has 1 fully saturated rings. The number of hydrogen-bond acceptors (Lipinski definition) is 4. The first-order chi connectivity index (χ1) is 16.4. The summed E-state index contributed by atoms with van der Waals surface area (Å²) in [6.07, 6.45) is 8.54. The number of amides is 1. The highest BCUT2D eigenvalue weighted by Gasteiger charge is 2.29. The number of nitrogens with one attached hydrogen (secondary N) is 1. The fourth-order valence-corrected chi connectivity index (χ4v) is 5.26. The van der Waals surface area contributed by atoms with Crippen LogP contribution in [0.5, 0.6) is 0 Å². The number of benzene rings is 1. The summed E-state index contributed by atoms with van der Waals surface area (Å²) in [5.74, 6) is -0.0154. The molecule has 4 heterocycles. The molecule has 4 aromatic rings. The minimum absolute atomic E-state index is 0.0154. The first-order valence-electron chi connectivity index (χ1n) is 11.4. The Morgan fingerprint density at radius 3 is 2.65 bits per heavy atom. The zero-order chi connectivity index (χ0) is 24.0. The van der Waals surface area contributed by atoms with Gasteiger partial charge in [0.15, 0.2) is 0 Å². The number of carbonyl (C=O) groups is 1. The van der Waals surface area contributed by atoms with E-state index in [1.165, 1.54) is 6.08 Å². The predicted octanol–water partition coefficient (Wildman–Crippen LogP) is 5.42. The van der Waals surface area contributed by atoms with Gasteiger partial charge in [-0.3, -0.25) is 19.6 Å². The van der Waals surface area contributed by atoms with Crippen molar-refractivity contribution < 1.29 is 4.79 Å². The highest BCUT2D eigenvalue weighted by Crippen LogP contribution is 2.44.